The largest absolute Gasteiger partial charge is 0.337 e. The lowest BCUT2D eigenvalue weighted by Crippen LogP contribution is -2.34. The van der Waals surface area contributed by atoms with Gasteiger partial charge in [-0.05, 0) is 24.3 Å². The van der Waals surface area contributed by atoms with Crippen molar-refractivity contribution in [1.29, 1.82) is 0 Å². The third-order valence-electron chi connectivity index (χ3n) is 4.70. The molecule has 0 radical (unpaired) electrons. The summed E-state index contributed by atoms with van der Waals surface area (Å²) in [6.07, 6.45) is 3.72. The van der Waals surface area contributed by atoms with Crippen LogP contribution in [0.25, 0.3) is 0 Å². The molecule has 1 aromatic heterocycles. The van der Waals surface area contributed by atoms with E-state index in [4.69, 9.17) is 0 Å². The summed E-state index contributed by atoms with van der Waals surface area (Å²) in [4.78, 5) is 30.4. The van der Waals surface area contributed by atoms with Gasteiger partial charge in [0, 0.05) is 35.5 Å². The third-order valence-corrected chi connectivity index (χ3v) is 9.38. The van der Waals surface area contributed by atoms with Gasteiger partial charge in [0.1, 0.15) is 5.75 Å². The predicted octanol–water partition coefficient (Wildman–Crippen LogP) is 4.39. The molecule has 3 aromatic rings. The molecule has 0 bridgehead atoms. The highest BCUT2D eigenvalue weighted by molar-refractivity contribution is 8.74. The zero-order valence-corrected chi connectivity index (χ0v) is 17.9. The number of hydrogen-bond donors (Lipinski definition) is 2. The van der Waals surface area contributed by atoms with Gasteiger partial charge in [-0.1, -0.05) is 42.5 Å². The summed E-state index contributed by atoms with van der Waals surface area (Å²) in [7, 11) is 2.09. The van der Waals surface area contributed by atoms with Crippen LogP contribution in [-0.4, -0.2) is 34.8 Å². The maximum atomic E-state index is 12.6. The number of carbonyl (C=O) groups excluding carboxylic acids is 2. The minimum atomic E-state index is -0.252. The molecular formula is C23H22N3O2S2+. The van der Waals surface area contributed by atoms with E-state index in [1.165, 1.54) is 4.90 Å². The van der Waals surface area contributed by atoms with Crippen molar-refractivity contribution in [2.75, 3.05) is 23.4 Å². The van der Waals surface area contributed by atoms with Crippen molar-refractivity contribution in [3.05, 3.63) is 90.3 Å². The molecule has 2 heterocycles. The normalized spacial score (nSPS) is 18.0. The molecule has 0 aliphatic carbocycles. The molecule has 5 nitrogen and oxygen atoms in total. The third kappa shape index (κ3) is 5.23. The number of nitrogens with one attached hydrogen (secondary N) is 2. The number of aromatic nitrogens is 1. The second kappa shape index (κ2) is 9.82. The van der Waals surface area contributed by atoms with Gasteiger partial charge in [0.2, 0.25) is 0 Å². The molecule has 1 saturated heterocycles. The van der Waals surface area contributed by atoms with Crippen LogP contribution in [0.3, 0.4) is 0 Å². The zero-order valence-electron chi connectivity index (χ0n) is 16.3. The highest BCUT2D eigenvalue weighted by Gasteiger charge is 2.37. The second-order valence-corrected chi connectivity index (χ2v) is 10.9. The molecule has 2 N–H and O–H groups in total. The maximum absolute atomic E-state index is 12.6. The SMILES string of the molecule is O=C(NCC1CS[S+](c2cccnc2)C1)Nc1cccc(C(=O)c2ccccc2)c1. The minimum Gasteiger partial charge on any atom is -0.337 e. The second-order valence-electron chi connectivity index (χ2n) is 6.96. The van der Waals surface area contributed by atoms with Crippen molar-refractivity contribution in [3.8, 4) is 0 Å². The van der Waals surface area contributed by atoms with E-state index >= 15 is 0 Å². The molecule has 4 rings (SSSR count). The van der Waals surface area contributed by atoms with Gasteiger partial charge in [0.25, 0.3) is 0 Å². The molecule has 2 aromatic carbocycles. The number of amides is 2. The Morgan fingerprint density at radius 3 is 2.67 bits per heavy atom. The van der Waals surface area contributed by atoms with E-state index in [9.17, 15) is 9.59 Å². The number of anilines is 1. The van der Waals surface area contributed by atoms with E-state index in [0.29, 0.717) is 29.3 Å². The van der Waals surface area contributed by atoms with Crippen LogP contribution < -0.4 is 10.6 Å². The predicted molar refractivity (Wildman–Crippen MR) is 124 cm³/mol. The first kappa shape index (κ1) is 20.5. The Kier molecular flexibility index (Phi) is 6.71. The molecule has 152 valence electrons. The van der Waals surface area contributed by atoms with E-state index in [-0.39, 0.29) is 21.7 Å². The minimum absolute atomic E-state index is 0.0647. The fourth-order valence-corrected chi connectivity index (χ4v) is 8.04. The van der Waals surface area contributed by atoms with Gasteiger partial charge in [-0.15, -0.1) is 0 Å². The fraction of sp³-hybridized carbons (Fsp3) is 0.174. The summed E-state index contributed by atoms with van der Waals surface area (Å²) in [6.45, 7) is 0.630. The highest BCUT2D eigenvalue weighted by atomic mass is 33.1. The lowest BCUT2D eigenvalue weighted by atomic mass is 10.0. The quantitative estimate of drug-likeness (QED) is 0.342. The number of urea groups is 1. The van der Waals surface area contributed by atoms with Crippen molar-refractivity contribution in [2.24, 2.45) is 5.92 Å². The van der Waals surface area contributed by atoms with E-state index < -0.39 is 0 Å². The van der Waals surface area contributed by atoms with Crippen molar-refractivity contribution in [1.82, 2.24) is 10.3 Å². The number of nitrogens with zero attached hydrogens (tertiary/aromatic N) is 1. The van der Waals surface area contributed by atoms with Gasteiger partial charge < -0.3 is 10.6 Å². The first-order valence-corrected chi connectivity index (χ1v) is 12.6. The molecule has 1 aliphatic rings. The lowest BCUT2D eigenvalue weighted by molar-refractivity contribution is 0.103. The molecule has 2 amide bonds. The molecule has 2 unspecified atom stereocenters. The van der Waals surface area contributed by atoms with Crippen LogP contribution >= 0.6 is 10.8 Å². The van der Waals surface area contributed by atoms with Gasteiger partial charge >= 0.3 is 6.03 Å². The maximum Gasteiger partial charge on any atom is 0.319 e. The van der Waals surface area contributed by atoms with Crippen molar-refractivity contribution in [2.45, 2.75) is 4.90 Å². The monoisotopic (exact) mass is 436 g/mol. The number of pyridine rings is 1. The Balaban J connectivity index is 1.29. The van der Waals surface area contributed by atoms with E-state index in [1.54, 1.807) is 42.6 Å². The van der Waals surface area contributed by atoms with Gasteiger partial charge in [-0.3, -0.25) is 9.78 Å². The Hall–Kier alpha value is -2.77. The summed E-state index contributed by atoms with van der Waals surface area (Å²) in [5, 5.41) is 5.80. The van der Waals surface area contributed by atoms with Crippen molar-refractivity contribution < 1.29 is 9.59 Å². The van der Waals surface area contributed by atoms with Gasteiger partial charge in [0.15, 0.2) is 10.7 Å². The van der Waals surface area contributed by atoms with E-state index in [2.05, 4.69) is 21.7 Å². The Morgan fingerprint density at radius 1 is 1.03 bits per heavy atom. The number of carbonyl (C=O) groups is 2. The Morgan fingerprint density at radius 2 is 1.87 bits per heavy atom. The molecule has 30 heavy (non-hydrogen) atoms. The van der Waals surface area contributed by atoms with Crippen molar-refractivity contribution in [3.63, 3.8) is 0 Å². The van der Waals surface area contributed by atoms with Crippen LogP contribution in [-0.2, 0) is 9.93 Å². The Bertz CT molecular complexity index is 1020. The number of ketones is 1. The molecule has 1 aliphatic heterocycles. The summed E-state index contributed by atoms with van der Waals surface area (Å²) in [6, 6.07) is 20.0. The highest BCUT2D eigenvalue weighted by Crippen LogP contribution is 2.35. The molecule has 7 heteroatoms. The summed E-state index contributed by atoms with van der Waals surface area (Å²) >= 11 is 0. The van der Waals surface area contributed by atoms with E-state index in [1.807, 2.05) is 41.3 Å². The van der Waals surface area contributed by atoms with Crippen LogP contribution in [0.4, 0.5) is 10.5 Å². The zero-order chi connectivity index (χ0) is 20.8. The van der Waals surface area contributed by atoms with Crippen molar-refractivity contribution >= 4 is 38.2 Å². The lowest BCUT2D eigenvalue weighted by Gasteiger charge is -2.10. The molecule has 0 spiro atoms. The molecular weight excluding hydrogens is 414 g/mol. The molecule has 2 atom stereocenters. The summed E-state index contributed by atoms with van der Waals surface area (Å²) < 4.78 is 0. The first-order chi connectivity index (χ1) is 14.7. The van der Waals surface area contributed by atoms with Crippen LogP contribution in [0.2, 0.25) is 0 Å². The van der Waals surface area contributed by atoms with Crippen LogP contribution in [0.5, 0.6) is 0 Å². The number of hydrogen-bond acceptors (Lipinski definition) is 4. The van der Waals surface area contributed by atoms with Gasteiger partial charge in [0.05, 0.1) is 32.7 Å². The number of rotatable bonds is 6. The smallest absolute Gasteiger partial charge is 0.319 e. The fourth-order valence-electron chi connectivity index (χ4n) is 3.16. The summed E-state index contributed by atoms with van der Waals surface area (Å²) in [5.74, 6) is 2.46. The molecule has 1 fully saturated rings. The van der Waals surface area contributed by atoms with Crippen LogP contribution in [0.15, 0.2) is 84.0 Å². The average Bonchev–Trinajstić information content (AvgIpc) is 3.28. The topological polar surface area (TPSA) is 71.1 Å². The number of benzene rings is 2. The molecule has 0 saturated carbocycles. The first-order valence-electron chi connectivity index (χ1n) is 9.68. The van der Waals surface area contributed by atoms with Crippen LogP contribution in [0.1, 0.15) is 15.9 Å². The van der Waals surface area contributed by atoms with Gasteiger partial charge in [-0.2, -0.15) is 0 Å². The Labute approximate surface area is 182 Å². The summed E-state index contributed by atoms with van der Waals surface area (Å²) in [5.41, 5.74) is 1.78. The van der Waals surface area contributed by atoms with Crippen LogP contribution in [0, 0.1) is 5.92 Å². The average molecular weight is 437 g/mol. The standard InChI is InChI=1S/C23H21N3O2S2/c27-22(18-6-2-1-3-7-18)19-8-4-9-20(12-19)26-23(28)25-13-17-15-29-30(16-17)21-10-5-11-24-14-21/h1-12,14,17H,13,15-16H2,(H-,25,26,28)/p+1. The van der Waals surface area contributed by atoms with E-state index in [0.717, 1.165) is 11.5 Å². The van der Waals surface area contributed by atoms with Gasteiger partial charge in [-0.25, -0.2) is 4.79 Å².